The maximum Gasteiger partial charge on any atom is 0.283 e. The predicted molar refractivity (Wildman–Crippen MR) is 97.9 cm³/mol. The largest absolute Gasteiger partial charge is 0.465 e. The van der Waals surface area contributed by atoms with Crippen LogP contribution in [0.1, 0.15) is 22.5 Å². The lowest BCUT2D eigenvalue weighted by Gasteiger charge is -2.33. The second-order valence-electron chi connectivity index (χ2n) is 5.92. The molecule has 154 valence electrons. The number of amides is 1. The monoisotopic (exact) mass is 429 g/mol. The molecule has 3 N–H and O–H groups in total. The van der Waals surface area contributed by atoms with Crippen LogP contribution in [0.5, 0.6) is 5.88 Å². The number of carbonyl (C=O) groups excluding carboxylic acids is 1. The number of aliphatic imine (C=N–C) groups is 1. The smallest absolute Gasteiger partial charge is 0.283 e. The molecule has 1 aromatic heterocycles. The number of benzene rings is 1. The van der Waals surface area contributed by atoms with E-state index < -0.39 is 24.7 Å². The van der Waals surface area contributed by atoms with E-state index >= 15 is 0 Å². The molecular formula is C17H15ClF3N5O3. The number of rotatable bonds is 6. The average molecular weight is 430 g/mol. The number of halogens is 4. The van der Waals surface area contributed by atoms with Crippen molar-refractivity contribution in [2.75, 3.05) is 18.8 Å². The molecule has 29 heavy (non-hydrogen) atoms. The summed E-state index contributed by atoms with van der Waals surface area (Å²) in [5, 5.41) is 2.55. The summed E-state index contributed by atoms with van der Waals surface area (Å²) < 4.78 is 49.5. The Labute approximate surface area is 167 Å². The molecule has 0 spiro atoms. The molecule has 0 aliphatic carbocycles. The van der Waals surface area contributed by atoms with Crippen molar-refractivity contribution in [3.63, 3.8) is 0 Å². The van der Waals surface area contributed by atoms with Crippen molar-refractivity contribution in [1.29, 1.82) is 0 Å². The van der Waals surface area contributed by atoms with Crippen LogP contribution in [0.15, 0.2) is 35.6 Å². The standard InChI is InChI=1S/C17H15ClF3N5O3/c18-11-2-1-9(25-14(27)12-6-24-13(7-23-12)29-8-19)5-10(11)17(15(20)21)3-4-28-16(22)26-17/h1-2,5-7,15H,3-4,8H2,(H2,22,26)(H,25,27)/t17-/m0/s1. The van der Waals surface area contributed by atoms with Crippen LogP contribution in [0, 0.1) is 0 Å². The molecule has 2 heterocycles. The molecule has 0 bridgehead atoms. The van der Waals surface area contributed by atoms with Crippen molar-refractivity contribution in [1.82, 2.24) is 9.97 Å². The number of nitrogens with zero attached hydrogens (tertiary/aromatic N) is 3. The van der Waals surface area contributed by atoms with Gasteiger partial charge in [-0.15, -0.1) is 0 Å². The Kier molecular flexibility index (Phi) is 6.06. The molecule has 0 saturated heterocycles. The van der Waals surface area contributed by atoms with Gasteiger partial charge in [-0.1, -0.05) is 11.6 Å². The van der Waals surface area contributed by atoms with Gasteiger partial charge in [0.05, 0.1) is 19.0 Å². The summed E-state index contributed by atoms with van der Waals surface area (Å²) in [6, 6.07) is 3.72. The van der Waals surface area contributed by atoms with Gasteiger partial charge in [-0.3, -0.25) is 4.79 Å². The number of ether oxygens (including phenoxy) is 2. The van der Waals surface area contributed by atoms with Gasteiger partial charge in [0, 0.05) is 22.7 Å². The van der Waals surface area contributed by atoms with Crippen LogP contribution in [0.4, 0.5) is 18.9 Å². The quantitative estimate of drug-likeness (QED) is 0.730. The van der Waals surface area contributed by atoms with Gasteiger partial charge in [0.25, 0.3) is 18.4 Å². The van der Waals surface area contributed by atoms with Crippen LogP contribution < -0.4 is 15.8 Å². The summed E-state index contributed by atoms with van der Waals surface area (Å²) in [7, 11) is 0. The Hall–Kier alpha value is -3.08. The van der Waals surface area contributed by atoms with Crippen LogP contribution in [-0.2, 0) is 10.3 Å². The van der Waals surface area contributed by atoms with Crippen LogP contribution in [-0.4, -0.2) is 41.8 Å². The number of alkyl halides is 3. The van der Waals surface area contributed by atoms with Gasteiger partial charge in [-0.2, -0.15) is 0 Å². The minimum atomic E-state index is -2.91. The Morgan fingerprint density at radius 2 is 2.17 bits per heavy atom. The summed E-state index contributed by atoms with van der Waals surface area (Å²) in [6.45, 7) is -1.15. The number of nitrogens with one attached hydrogen (secondary N) is 1. The first-order valence-electron chi connectivity index (χ1n) is 8.24. The fraction of sp³-hybridized carbons (Fsp3) is 0.294. The highest BCUT2D eigenvalue weighted by molar-refractivity contribution is 6.31. The number of hydrogen-bond acceptors (Lipinski definition) is 7. The fourth-order valence-corrected chi connectivity index (χ4v) is 3.04. The Morgan fingerprint density at radius 1 is 1.38 bits per heavy atom. The van der Waals surface area contributed by atoms with E-state index in [1.54, 1.807) is 0 Å². The molecule has 0 radical (unpaired) electrons. The van der Waals surface area contributed by atoms with Gasteiger partial charge in [-0.25, -0.2) is 28.1 Å². The first-order chi connectivity index (χ1) is 13.9. The molecule has 1 atom stereocenters. The van der Waals surface area contributed by atoms with Gasteiger partial charge in [0.2, 0.25) is 12.7 Å². The van der Waals surface area contributed by atoms with E-state index in [0.717, 1.165) is 12.4 Å². The van der Waals surface area contributed by atoms with E-state index in [1.807, 2.05) is 0 Å². The highest BCUT2D eigenvalue weighted by Crippen LogP contribution is 2.42. The highest BCUT2D eigenvalue weighted by Gasteiger charge is 2.45. The SMILES string of the molecule is NC1=N[C@@](c2cc(NC(=O)c3cnc(OCF)cn3)ccc2Cl)(C(F)F)CCO1. The van der Waals surface area contributed by atoms with E-state index in [4.69, 9.17) is 22.1 Å². The van der Waals surface area contributed by atoms with Crippen LogP contribution in [0.3, 0.4) is 0 Å². The van der Waals surface area contributed by atoms with Crippen LogP contribution in [0.25, 0.3) is 0 Å². The van der Waals surface area contributed by atoms with E-state index in [2.05, 4.69) is 25.0 Å². The lowest BCUT2D eigenvalue weighted by atomic mass is 9.86. The molecule has 1 aliphatic heterocycles. The molecule has 1 aliphatic rings. The summed E-state index contributed by atoms with van der Waals surface area (Å²) in [6.07, 6.45) is -0.902. The number of amidine groups is 1. The molecule has 0 unspecified atom stereocenters. The number of anilines is 1. The normalized spacial score (nSPS) is 18.7. The zero-order chi connectivity index (χ0) is 21.0. The van der Waals surface area contributed by atoms with Crippen molar-refractivity contribution < 1.29 is 27.4 Å². The minimum absolute atomic E-state index is 0.00371. The van der Waals surface area contributed by atoms with Gasteiger partial charge in [0.1, 0.15) is 5.69 Å². The number of carbonyl (C=O) groups is 1. The van der Waals surface area contributed by atoms with Crippen molar-refractivity contribution >= 4 is 29.2 Å². The molecule has 2 aromatic rings. The summed E-state index contributed by atoms with van der Waals surface area (Å²) >= 11 is 6.15. The molecule has 0 saturated carbocycles. The number of nitrogens with two attached hydrogens (primary N) is 1. The Bertz CT molecular complexity index is 929. The zero-order valence-electron chi connectivity index (χ0n) is 14.7. The Morgan fingerprint density at radius 3 is 2.79 bits per heavy atom. The topological polar surface area (TPSA) is 112 Å². The van der Waals surface area contributed by atoms with Crippen molar-refractivity contribution in [2.45, 2.75) is 18.4 Å². The second kappa shape index (κ2) is 8.52. The molecule has 1 amide bonds. The van der Waals surface area contributed by atoms with Gasteiger partial charge >= 0.3 is 0 Å². The maximum absolute atomic E-state index is 14.0. The van der Waals surface area contributed by atoms with Gasteiger partial charge < -0.3 is 20.5 Å². The molecule has 3 rings (SSSR count). The van der Waals surface area contributed by atoms with Crippen molar-refractivity contribution in [3.05, 3.63) is 46.9 Å². The van der Waals surface area contributed by atoms with Gasteiger partial charge in [-0.05, 0) is 18.2 Å². The molecular weight excluding hydrogens is 415 g/mol. The highest BCUT2D eigenvalue weighted by atomic mass is 35.5. The average Bonchev–Trinajstić information content (AvgIpc) is 2.70. The lowest BCUT2D eigenvalue weighted by molar-refractivity contribution is 0.0267. The van der Waals surface area contributed by atoms with Crippen LogP contribution >= 0.6 is 11.6 Å². The minimum Gasteiger partial charge on any atom is -0.465 e. The predicted octanol–water partition coefficient (Wildman–Crippen LogP) is 2.88. The lowest BCUT2D eigenvalue weighted by Crippen LogP contribution is -2.41. The first kappa shape index (κ1) is 20.6. The van der Waals surface area contributed by atoms with Crippen molar-refractivity contribution in [3.8, 4) is 5.88 Å². The molecule has 8 nitrogen and oxygen atoms in total. The zero-order valence-corrected chi connectivity index (χ0v) is 15.5. The first-order valence-corrected chi connectivity index (χ1v) is 8.62. The summed E-state index contributed by atoms with van der Waals surface area (Å²) in [5.74, 6) is -0.759. The van der Waals surface area contributed by atoms with Crippen molar-refractivity contribution in [2.24, 2.45) is 10.7 Å². The molecule has 0 fully saturated rings. The van der Waals surface area contributed by atoms with E-state index in [9.17, 15) is 18.0 Å². The fourth-order valence-electron chi connectivity index (χ4n) is 2.76. The Balaban J connectivity index is 1.89. The third kappa shape index (κ3) is 4.34. The van der Waals surface area contributed by atoms with E-state index in [-0.39, 0.29) is 46.9 Å². The maximum atomic E-state index is 14.0. The summed E-state index contributed by atoms with van der Waals surface area (Å²) in [4.78, 5) is 23.7. The molecule has 12 heteroatoms. The number of aromatic nitrogens is 2. The summed E-state index contributed by atoms with van der Waals surface area (Å²) in [5.41, 5.74) is 3.59. The van der Waals surface area contributed by atoms with E-state index in [1.165, 1.54) is 18.2 Å². The van der Waals surface area contributed by atoms with E-state index in [0.29, 0.717) is 0 Å². The van der Waals surface area contributed by atoms with Gasteiger partial charge in [0.15, 0.2) is 5.54 Å². The number of hydrogen-bond donors (Lipinski definition) is 2. The molecule has 1 aromatic carbocycles. The second-order valence-corrected chi connectivity index (χ2v) is 6.32. The van der Waals surface area contributed by atoms with Crippen LogP contribution in [0.2, 0.25) is 5.02 Å². The third-order valence-corrected chi connectivity index (χ3v) is 4.49. The third-order valence-electron chi connectivity index (χ3n) is 4.16.